The number of nitrogens with one attached hydrogen (secondary N) is 1. The van der Waals surface area contributed by atoms with Gasteiger partial charge in [0.15, 0.2) is 0 Å². The van der Waals surface area contributed by atoms with Gasteiger partial charge in [-0.05, 0) is 48.1 Å². The van der Waals surface area contributed by atoms with Crippen molar-refractivity contribution in [2.24, 2.45) is 0 Å². The molecule has 1 aliphatic heterocycles. The zero-order valence-electron chi connectivity index (χ0n) is 15.8. The predicted molar refractivity (Wildman–Crippen MR) is 105 cm³/mol. The Kier molecular flexibility index (Phi) is 4.59. The number of amides is 2. The van der Waals surface area contributed by atoms with Gasteiger partial charge in [0, 0.05) is 12.6 Å². The van der Waals surface area contributed by atoms with Gasteiger partial charge >= 0.3 is 0 Å². The quantitative estimate of drug-likeness (QED) is 0.758. The van der Waals surface area contributed by atoms with E-state index in [1.807, 2.05) is 24.3 Å². The maximum absolute atomic E-state index is 13.3. The van der Waals surface area contributed by atoms with Gasteiger partial charge in [0.05, 0.1) is 16.0 Å². The Morgan fingerprint density at radius 3 is 2.25 bits per heavy atom. The molecule has 4 rings (SSSR count). The lowest BCUT2D eigenvalue weighted by Crippen LogP contribution is -2.32. The number of carbonyl (C=O) groups is 2. The summed E-state index contributed by atoms with van der Waals surface area (Å²) in [6, 6.07) is 12.1. The second-order valence-electron chi connectivity index (χ2n) is 7.67. The van der Waals surface area contributed by atoms with E-state index in [2.05, 4.69) is 19.2 Å². The third-order valence-corrected chi connectivity index (χ3v) is 7.15. The highest BCUT2D eigenvalue weighted by atomic mass is 32.2. The molecule has 2 aromatic carbocycles. The van der Waals surface area contributed by atoms with Crippen molar-refractivity contribution in [1.82, 2.24) is 9.62 Å². The number of hydrogen-bond acceptors (Lipinski definition) is 4. The van der Waals surface area contributed by atoms with Crippen LogP contribution >= 0.6 is 0 Å². The normalized spacial score (nSPS) is 16.6. The van der Waals surface area contributed by atoms with E-state index in [0.717, 1.165) is 18.4 Å². The van der Waals surface area contributed by atoms with Crippen molar-refractivity contribution in [3.63, 3.8) is 0 Å². The van der Waals surface area contributed by atoms with Gasteiger partial charge in [0.1, 0.15) is 0 Å². The first-order valence-electron chi connectivity index (χ1n) is 9.38. The molecule has 0 aromatic heterocycles. The fraction of sp³-hybridized carbons (Fsp3) is 0.333. The average molecular weight is 398 g/mol. The standard InChI is InChI=1S/C21H22N2O4S/c1-13(2)15-5-3-14(4-6-15)12-23(16-7-8-16)28(26,27)17-9-10-18-19(11-17)21(25)22-20(18)24/h3-6,9-11,13,16H,7-8,12H2,1-2H3,(H,22,24,25). The highest BCUT2D eigenvalue weighted by molar-refractivity contribution is 7.89. The second-order valence-corrected chi connectivity index (χ2v) is 9.56. The molecule has 0 saturated heterocycles. The molecule has 0 unspecified atom stereocenters. The topological polar surface area (TPSA) is 83.6 Å². The summed E-state index contributed by atoms with van der Waals surface area (Å²) < 4.78 is 28.1. The highest BCUT2D eigenvalue weighted by Gasteiger charge is 2.39. The van der Waals surface area contributed by atoms with Crippen molar-refractivity contribution in [3.8, 4) is 0 Å². The van der Waals surface area contributed by atoms with Crippen LogP contribution < -0.4 is 5.32 Å². The Bertz CT molecular complexity index is 1050. The smallest absolute Gasteiger partial charge is 0.258 e. The number of sulfonamides is 1. The molecule has 1 aliphatic carbocycles. The van der Waals surface area contributed by atoms with Gasteiger partial charge in [-0.1, -0.05) is 38.1 Å². The second kappa shape index (κ2) is 6.83. The summed E-state index contributed by atoms with van der Waals surface area (Å²) in [4.78, 5) is 23.7. The fourth-order valence-corrected chi connectivity index (χ4v) is 5.10. The largest absolute Gasteiger partial charge is 0.288 e. The summed E-state index contributed by atoms with van der Waals surface area (Å²) >= 11 is 0. The van der Waals surface area contributed by atoms with Crippen LogP contribution in [-0.4, -0.2) is 30.6 Å². The molecule has 2 amide bonds. The first-order valence-corrected chi connectivity index (χ1v) is 10.8. The van der Waals surface area contributed by atoms with Crippen LogP contribution in [0.2, 0.25) is 0 Å². The Balaban J connectivity index is 1.65. The molecule has 1 fully saturated rings. The van der Waals surface area contributed by atoms with Crippen molar-refractivity contribution in [3.05, 3.63) is 64.7 Å². The van der Waals surface area contributed by atoms with E-state index in [9.17, 15) is 18.0 Å². The minimum Gasteiger partial charge on any atom is -0.288 e. The predicted octanol–water partition coefficient (Wildman–Crippen LogP) is 3.05. The van der Waals surface area contributed by atoms with E-state index in [-0.39, 0.29) is 28.6 Å². The molecule has 146 valence electrons. The molecular formula is C21H22N2O4S. The maximum Gasteiger partial charge on any atom is 0.258 e. The van der Waals surface area contributed by atoms with Crippen molar-refractivity contribution < 1.29 is 18.0 Å². The monoisotopic (exact) mass is 398 g/mol. The minimum absolute atomic E-state index is 0.0292. The van der Waals surface area contributed by atoms with Crippen molar-refractivity contribution in [2.75, 3.05) is 0 Å². The molecule has 2 aliphatic rings. The van der Waals surface area contributed by atoms with Crippen LogP contribution in [0.4, 0.5) is 0 Å². The number of benzene rings is 2. The van der Waals surface area contributed by atoms with Gasteiger partial charge in [-0.25, -0.2) is 8.42 Å². The molecule has 6 nitrogen and oxygen atoms in total. The third-order valence-electron chi connectivity index (χ3n) is 5.25. The summed E-state index contributed by atoms with van der Waals surface area (Å²) in [7, 11) is -3.78. The SMILES string of the molecule is CC(C)c1ccc(CN(C2CC2)S(=O)(=O)c2ccc3c(c2)C(=O)NC3=O)cc1. The summed E-state index contributed by atoms with van der Waals surface area (Å²) in [6.07, 6.45) is 1.65. The van der Waals surface area contributed by atoms with E-state index >= 15 is 0 Å². The van der Waals surface area contributed by atoms with Crippen LogP contribution in [-0.2, 0) is 16.6 Å². The zero-order chi connectivity index (χ0) is 20.1. The Labute approximate surface area is 164 Å². The number of carbonyl (C=O) groups excluding carboxylic acids is 2. The lowest BCUT2D eigenvalue weighted by molar-refractivity contribution is 0.0879. The third kappa shape index (κ3) is 3.36. The molecular weight excluding hydrogens is 376 g/mol. The molecule has 2 aromatic rings. The first-order chi connectivity index (χ1) is 13.3. The van der Waals surface area contributed by atoms with E-state index in [4.69, 9.17) is 0 Å². The number of hydrogen-bond donors (Lipinski definition) is 1. The van der Waals surface area contributed by atoms with Gasteiger partial charge in [0.25, 0.3) is 11.8 Å². The highest BCUT2D eigenvalue weighted by Crippen LogP contribution is 2.34. The van der Waals surface area contributed by atoms with Gasteiger partial charge in [-0.15, -0.1) is 0 Å². The molecule has 0 radical (unpaired) electrons. The molecule has 28 heavy (non-hydrogen) atoms. The first kappa shape index (κ1) is 18.8. The van der Waals surface area contributed by atoms with E-state index < -0.39 is 21.8 Å². The summed E-state index contributed by atoms with van der Waals surface area (Å²) in [5.41, 5.74) is 2.46. The van der Waals surface area contributed by atoms with Gasteiger partial charge in [-0.2, -0.15) is 4.31 Å². The summed E-state index contributed by atoms with van der Waals surface area (Å²) in [6.45, 7) is 4.52. The average Bonchev–Trinajstić information content (AvgIpc) is 3.46. The number of rotatable bonds is 6. The number of nitrogens with zero attached hydrogens (tertiary/aromatic N) is 1. The van der Waals surface area contributed by atoms with E-state index in [1.165, 1.54) is 28.1 Å². The van der Waals surface area contributed by atoms with Crippen LogP contribution in [0.15, 0.2) is 47.4 Å². The molecule has 1 saturated carbocycles. The molecule has 0 bridgehead atoms. The van der Waals surface area contributed by atoms with Crippen molar-refractivity contribution >= 4 is 21.8 Å². The van der Waals surface area contributed by atoms with E-state index in [1.54, 1.807) is 0 Å². The van der Waals surface area contributed by atoms with Gasteiger partial charge < -0.3 is 0 Å². The van der Waals surface area contributed by atoms with Gasteiger partial charge in [0.2, 0.25) is 10.0 Å². The van der Waals surface area contributed by atoms with Crippen LogP contribution in [0, 0.1) is 0 Å². The molecule has 1 heterocycles. The fourth-order valence-electron chi connectivity index (χ4n) is 3.40. The summed E-state index contributed by atoms with van der Waals surface area (Å²) in [5.74, 6) is -0.634. The Morgan fingerprint density at radius 2 is 1.64 bits per heavy atom. The number of imide groups is 1. The lowest BCUT2D eigenvalue weighted by atomic mass is 10.0. The van der Waals surface area contributed by atoms with Gasteiger partial charge in [-0.3, -0.25) is 14.9 Å². The van der Waals surface area contributed by atoms with Crippen LogP contribution in [0.1, 0.15) is 64.4 Å². The van der Waals surface area contributed by atoms with Crippen molar-refractivity contribution in [1.29, 1.82) is 0 Å². The Morgan fingerprint density at radius 1 is 1.00 bits per heavy atom. The van der Waals surface area contributed by atoms with Crippen LogP contribution in [0.25, 0.3) is 0 Å². The maximum atomic E-state index is 13.3. The molecule has 0 atom stereocenters. The molecule has 7 heteroatoms. The summed E-state index contributed by atoms with van der Waals surface area (Å²) in [5, 5.41) is 2.19. The zero-order valence-corrected chi connectivity index (χ0v) is 16.6. The molecule has 1 N–H and O–H groups in total. The molecule has 0 spiro atoms. The van der Waals surface area contributed by atoms with Crippen LogP contribution in [0.5, 0.6) is 0 Å². The van der Waals surface area contributed by atoms with Crippen LogP contribution in [0.3, 0.4) is 0 Å². The lowest BCUT2D eigenvalue weighted by Gasteiger charge is -2.22. The number of fused-ring (bicyclic) bond motifs is 1. The van der Waals surface area contributed by atoms with E-state index in [0.29, 0.717) is 5.92 Å². The minimum atomic E-state index is -3.78. The Hall–Kier alpha value is -2.51. The van der Waals surface area contributed by atoms with Crippen molar-refractivity contribution in [2.45, 2.75) is 50.1 Å².